The zero-order valence-electron chi connectivity index (χ0n) is 16.3. The van der Waals surface area contributed by atoms with Crippen molar-refractivity contribution in [3.63, 3.8) is 0 Å². The van der Waals surface area contributed by atoms with Crippen LogP contribution in [-0.2, 0) is 31.7 Å². The summed E-state index contributed by atoms with van der Waals surface area (Å²) in [5.74, 6) is -0.529. The number of carbonyl (C=O) groups is 1. The number of aryl methyl sites for hydroxylation is 1. The molecule has 3 rings (SSSR count). The van der Waals surface area contributed by atoms with Gasteiger partial charge in [0.05, 0.1) is 12.4 Å². The Morgan fingerprint density at radius 2 is 1.76 bits per heavy atom. The van der Waals surface area contributed by atoms with Crippen molar-refractivity contribution < 1.29 is 17.9 Å². The highest BCUT2D eigenvalue weighted by molar-refractivity contribution is 9.10. The molecule has 0 saturated carbocycles. The van der Waals surface area contributed by atoms with Crippen molar-refractivity contribution in [3.8, 4) is 0 Å². The summed E-state index contributed by atoms with van der Waals surface area (Å²) in [6, 6.07) is 16.4. The van der Waals surface area contributed by atoms with E-state index in [1.54, 1.807) is 12.1 Å². The van der Waals surface area contributed by atoms with Crippen molar-refractivity contribution in [1.82, 2.24) is 4.31 Å². The number of sulfonamides is 1. The molecule has 1 atom stereocenters. The molecule has 2 aromatic carbocycles. The van der Waals surface area contributed by atoms with Crippen molar-refractivity contribution >= 4 is 31.9 Å². The molecule has 1 aliphatic heterocycles. The average molecular weight is 480 g/mol. The smallest absolute Gasteiger partial charge is 0.324 e. The number of hydrogen-bond acceptors (Lipinski definition) is 4. The van der Waals surface area contributed by atoms with Gasteiger partial charge in [-0.3, -0.25) is 4.79 Å². The molecule has 7 heteroatoms. The maximum Gasteiger partial charge on any atom is 0.324 e. The van der Waals surface area contributed by atoms with Crippen LogP contribution in [0.5, 0.6) is 0 Å². The van der Waals surface area contributed by atoms with Crippen LogP contribution in [0.3, 0.4) is 0 Å². The maximum absolute atomic E-state index is 12.9. The van der Waals surface area contributed by atoms with Gasteiger partial charge < -0.3 is 4.74 Å². The van der Waals surface area contributed by atoms with Crippen LogP contribution in [0.1, 0.15) is 36.8 Å². The monoisotopic (exact) mass is 479 g/mol. The van der Waals surface area contributed by atoms with E-state index in [1.165, 1.54) is 9.87 Å². The van der Waals surface area contributed by atoms with Crippen LogP contribution < -0.4 is 0 Å². The van der Waals surface area contributed by atoms with E-state index in [0.29, 0.717) is 19.4 Å². The third-order valence-electron chi connectivity index (χ3n) is 5.04. The lowest BCUT2D eigenvalue weighted by atomic mass is 10.1. The fraction of sp³-hybridized carbons (Fsp3) is 0.409. The Hall–Kier alpha value is -1.70. The van der Waals surface area contributed by atoms with E-state index in [0.717, 1.165) is 29.3 Å². The minimum Gasteiger partial charge on any atom is -0.464 e. The van der Waals surface area contributed by atoms with E-state index >= 15 is 0 Å². The number of esters is 1. The van der Waals surface area contributed by atoms with E-state index in [2.05, 4.69) is 15.9 Å². The molecule has 156 valence electrons. The van der Waals surface area contributed by atoms with Crippen molar-refractivity contribution in [2.75, 3.05) is 13.2 Å². The lowest BCUT2D eigenvalue weighted by Gasteiger charge is -2.33. The first-order valence-corrected chi connectivity index (χ1v) is 12.3. The van der Waals surface area contributed by atoms with Gasteiger partial charge in [0.2, 0.25) is 10.0 Å². The molecule has 1 aliphatic rings. The minimum atomic E-state index is -3.58. The van der Waals surface area contributed by atoms with Crippen LogP contribution in [0.4, 0.5) is 0 Å². The van der Waals surface area contributed by atoms with Gasteiger partial charge in [0.15, 0.2) is 0 Å². The van der Waals surface area contributed by atoms with Gasteiger partial charge in [-0.25, -0.2) is 8.42 Å². The summed E-state index contributed by atoms with van der Waals surface area (Å²) in [5.41, 5.74) is 1.90. The first kappa shape index (κ1) is 22.0. The first-order valence-electron chi connectivity index (χ1n) is 9.90. The summed E-state index contributed by atoms with van der Waals surface area (Å²) in [4.78, 5) is 12.6. The third-order valence-corrected chi connectivity index (χ3v) is 7.42. The Morgan fingerprint density at radius 1 is 1.03 bits per heavy atom. The van der Waals surface area contributed by atoms with Crippen LogP contribution in [0.2, 0.25) is 0 Å². The molecule has 1 fully saturated rings. The number of piperidine rings is 1. The van der Waals surface area contributed by atoms with Crippen LogP contribution in [0.15, 0.2) is 59.1 Å². The second-order valence-electron chi connectivity index (χ2n) is 7.26. The van der Waals surface area contributed by atoms with E-state index in [-0.39, 0.29) is 12.4 Å². The fourth-order valence-corrected chi connectivity index (χ4v) is 5.57. The zero-order valence-corrected chi connectivity index (χ0v) is 18.7. The number of ether oxygens (including phenoxy) is 1. The van der Waals surface area contributed by atoms with E-state index in [1.807, 2.05) is 42.5 Å². The van der Waals surface area contributed by atoms with E-state index in [4.69, 9.17) is 4.74 Å². The van der Waals surface area contributed by atoms with Crippen LogP contribution in [0.25, 0.3) is 0 Å². The van der Waals surface area contributed by atoms with Crippen molar-refractivity contribution in [2.45, 2.75) is 43.9 Å². The molecular formula is C22H26BrNO4S. The summed E-state index contributed by atoms with van der Waals surface area (Å²) in [6.45, 7) is 0.659. The quantitative estimate of drug-likeness (QED) is 0.417. The normalized spacial score (nSPS) is 17.8. The Bertz CT molecular complexity index is 900. The summed E-state index contributed by atoms with van der Waals surface area (Å²) >= 11 is 3.41. The first-order chi connectivity index (χ1) is 14.0. The number of benzene rings is 2. The Kier molecular flexibility index (Phi) is 7.86. The van der Waals surface area contributed by atoms with Crippen molar-refractivity contribution in [2.24, 2.45) is 0 Å². The van der Waals surface area contributed by atoms with Gasteiger partial charge in [-0.2, -0.15) is 4.31 Å². The van der Waals surface area contributed by atoms with Gasteiger partial charge in [-0.1, -0.05) is 58.4 Å². The van der Waals surface area contributed by atoms with Gasteiger partial charge in [0, 0.05) is 11.0 Å². The predicted molar refractivity (Wildman–Crippen MR) is 117 cm³/mol. The average Bonchev–Trinajstić information content (AvgIpc) is 2.73. The third kappa shape index (κ3) is 6.39. The topological polar surface area (TPSA) is 63.7 Å². The molecule has 29 heavy (non-hydrogen) atoms. The predicted octanol–water partition coefficient (Wildman–Crippen LogP) is 4.31. The Morgan fingerprint density at radius 3 is 2.48 bits per heavy atom. The molecular weight excluding hydrogens is 454 g/mol. The Labute approximate surface area is 181 Å². The highest BCUT2D eigenvalue weighted by Crippen LogP contribution is 2.24. The number of rotatable bonds is 8. The Balaban J connectivity index is 1.55. The molecule has 1 heterocycles. The highest BCUT2D eigenvalue weighted by atomic mass is 79.9. The molecule has 0 N–H and O–H groups in total. The molecule has 0 radical (unpaired) electrons. The number of nitrogens with zero attached hydrogens (tertiary/aromatic N) is 1. The highest BCUT2D eigenvalue weighted by Gasteiger charge is 2.37. The molecule has 1 unspecified atom stereocenters. The number of halogens is 1. The second-order valence-corrected chi connectivity index (χ2v) is 10.1. The van der Waals surface area contributed by atoms with Crippen LogP contribution in [0, 0.1) is 0 Å². The van der Waals surface area contributed by atoms with E-state index in [9.17, 15) is 13.2 Å². The van der Waals surface area contributed by atoms with E-state index < -0.39 is 22.0 Å². The van der Waals surface area contributed by atoms with Gasteiger partial charge >= 0.3 is 5.97 Å². The van der Waals surface area contributed by atoms with Gasteiger partial charge in [-0.05, 0) is 55.4 Å². The molecule has 0 aliphatic carbocycles. The molecule has 0 spiro atoms. The summed E-state index contributed by atoms with van der Waals surface area (Å²) in [6.07, 6.45) is 3.62. The summed E-state index contributed by atoms with van der Waals surface area (Å²) in [5, 5.41) is 0. The zero-order chi connectivity index (χ0) is 20.7. The molecule has 0 aromatic heterocycles. The van der Waals surface area contributed by atoms with Crippen molar-refractivity contribution in [3.05, 3.63) is 70.2 Å². The molecule has 0 amide bonds. The molecule has 2 aromatic rings. The molecule has 1 saturated heterocycles. The van der Waals surface area contributed by atoms with Crippen molar-refractivity contribution in [1.29, 1.82) is 0 Å². The largest absolute Gasteiger partial charge is 0.464 e. The molecule has 0 bridgehead atoms. The SMILES string of the molecule is O=C(OCCCc1ccc(Br)cc1)C1CCCCN1S(=O)(=O)Cc1ccccc1. The molecule has 5 nitrogen and oxygen atoms in total. The van der Waals surface area contributed by atoms with Crippen LogP contribution >= 0.6 is 15.9 Å². The number of hydrogen-bond donors (Lipinski definition) is 0. The standard InChI is InChI=1S/C22H26BrNO4S/c23-20-13-11-18(12-14-20)9-6-16-28-22(25)21-10-4-5-15-24(21)29(26,27)17-19-7-2-1-3-8-19/h1-3,7-8,11-14,21H,4-6,9-10,15-17H2. The van der Waals surface area contributed by atoms with Gasteiger partial charge in [0.25, 0.3) is 0 Å². The fourth-order valence-electron chi connectivity index (χ4n) is 3.54. The summed E-state index contributed by atoms with van der Waals surface area (Å²) in [7, 11) is -3.58. The lowest BCUT2D eigenvalue weighted by Crippen LogP contribution is -2.49. The number of carbonyl (C=O) groups excluding carboxylic acids is 1. The maximum atomic E-state index is 12.9. The second kappa shape index (κ2) is 10.4. The minimum absolute atomic E-state index is 0.0960. The van der Waals surface area contributed by atoms with Crippen LogP contribution in [-0.4, -0.2) is 37.9 Å². The lowest BCUT2D eigenvalue weighted by molar-refractivity contribution is -0.149. The summed E-state index contributed by atoms with van der Waals surface area (Å²) < 4.78 is 33.7. The van der Waals surface area contributed by atoms with Gasteiger partial charge in [-0.15, -0.1) is 0 Å². The van der Waals surface area contributed by atoms with Gasteiger partial charge in [0.1, 0.15) is 6.04 Å².